The van der Waals surface area contributed by atoms with Gasteiger partial charge in [-0.1, -0.05) is 24.3 Å². The number of fused-ring (bicyclic) bond motifs is 2. The van der Waals surface area contributed by atoms with Gasteiger partial charge in [-0.25, -0.2) is 4.98 Å². The summed E-state index contributed by atoms with van der Waals surface area (Å²) >= 11 is 0. The predicted octanol–water partition coefficient (Wildman–Crippen LogP) is 2.88. The minimum atomic E-state index is -0.529. The molecule has 158 valence electrons. The standard InChI is InChI=1S/C24H23N3O4/c28-20-15-24(31-21-8-4-1-5-16(20)21)11-13-27(14-12-24)22(29)10-9-19-23(30)26-18-7-3-2-6-17(18)25-19/h1-8H,9-15H2,(H,26,30). The first-order valence-electron chi connectivity index (χ1n) is 10.6. The molecule has 7 heteroatoms. The average molecular weight is 417 g/mol. The number of carbonyl (C=O) groups is 2. The largest absolute Gasteiger partial charge is 0.486 e. The normalized spacial score (nSPS) is 17.4. The number of nitrogens with zero attached hydrogens (tertiary/aromatic N) is 2. The van der Waals surface area contributed by atoms with Crippen molar-refractivity contribution in [3.8, 4) is 5.75 Å². The van der Waals surface area contributed by atoms with E-state index in [1.165, 1.54) is 0 Å². The third-order valence-electron chi connectivity index (χ3n) is 6.27. The van der Waals surface area contributed by atoms with Gasteiger partial charge in [-0.15, -0.1) is 0 Å². The van der Waals surface area contributed by atoms with Crippen molar-refractivity contribution < 1.29 is 14.3 Å². The number of nitrogens with one attached hydrogen (secondary N) is 1. The van der Waals surface area contributed by atoms with Crippen LogP contribution in [0, 0.1) is 0 Å². The summed E-state index contributed by atoms with van der Waals surface area (Å²) in [5.41, 5.74) is 1.63. The lowest BCUT2D eigenvalue weighted by Gasteiger charge is -2.44. The molecule has 0 saturated carbocycles. The Kier molecular flexibility index (Phi) is 4.81. The quantitative estimate of drug-likeness (QED) is 0.707. The SMILES string of the molecule is O=C1CC2(CCN(C(=O)CCc3nc4ccccc4[nH]c3=O)CC2)Oc2ccccc21. The number of ether oxygens (including phenoxy) is 1. The van der Waals surface area contributed by atoms with E-state index in [4.69, 9.17) is 4.74 Å². The van der Waals surface area contributed by atoms with Crippen LogP contribution in [-0.2, 0) is 11.2 Å². The molecule has 7 nitrogen and oxygen atoms in total. The number of ketones is 1. The number of amides is 1. The van der Waals surface area contributed by atoms with Gasteiger partial charge in [0.1, 0.15) is 17.0 Å². The molecule has 1 amide bonds. The second-order valence-corrected chi connectivity index (χ2v) is 8.29. The number of likely N-dealkylation sites (tertiary alicyclic amines) is 1. The number of rotatable bonds is 3. The Bertz CT molecular complexity index is 1220. The summed E-state index contributed by atoms with van der Waals surface area (Å²) in [4.78, 5) is 46.6. The Balaban J connectivity index is 1.22. The maximum absolute atomic E-state index is 12.8. The number of H-pyrrole nitrogens is 1. The van der Waals surface area contributed by atoms with E-state index in [1.807, 2.05) is 36.4 Å². The summed E-state index contributed by atoms with van der Waals surface area (Å²) in [5.74, 6) is 0.732. The van der Waals surface area contributed by atoms with Crippen molar-refractivity contribution in [2.45, 2.75) is 37.7 Å². The van der Waals surface area contributed by atoms with Crippen LogP contribution in [0.3, 0.4) is 0 Å². The Morgan fingerprint density at radius 3 is 2.65 bits per heavy atom. The van der Waals surface area contributed by atoms with Gasteiger partial charge in [-0.3, -0.25) is 14.4 Å². The lowest BCUT2D eigenvalue weighted by Crippen LogP contribution is -2.52. The fourth-order valence-electron chi connectivity index (χ4n) is 4.51. The number of carbonyl (C=O) groups excluding carboxylic acids is 2. The lowest BCUT2D eigenvalue weighted by molar-refractivity contribution is -0.134. The van der Waals surface area contributed by atoms with E-state index in [0.29, 0.717) is 66.8 Å². The Hall–Kier alpha value is -3.48. The zero-order valence-electron chi connectivity index (χ0n) is 17.1. The van der Waals surface area contributed by atoms with Gasteiger partial charge >= 0.3 is 0 Å². The van der Waals surface area contributed by atoms with Crippen LogP contribution in [0.15, 0.2) is 53.3 Å². The van der Waals surface area contributed by atoms with Crippen LogP contribution in [-0.4, -0.2) is 45.2 Å². The van der Waals surface area contributed by atoms with Crippen molar-refractivity contribution in [2.24, 2.45) is 0 Å². The predicted molar refractivity (Wildman–Crippen MR) is 115 cm³/mol. The third kappa shape index (κ3) is 3.71. The highest BCUT2D eigenvalue weighted by atomic mass is 16.5. The molecule has 0 bridgehead atoms. The summed E-state index contributed by atoms with van der Waals surface area (Å²) < 4.78 is 6.23. The molecule has 31 heavy (non-hydrogen) atoms. The molecular formula is C24H23N3O4. The summed E-state index contributed by atoms with van der Waals surface area (Å²) in [6, 6.07) is 14.7. The van der Waals surface area contributed by atoms with Gasteiger partial charge in [0.05, 0.1) is 23.0 Å². The molecule has 0 aliphatic carbocycles. The summed E-state index contributed by atoms with van der Waals surface area (Å²) in [7, 11) is 0. The zero-order valence-corrected chi connectivity index (χ0v) is 17.1. The number of aromatic amines is 1. The van der Waals surface area contributed by atoms with E-state index in [0.717, 1.165) is 0 Å². The van der Waals surface area contributed by atoms with Crippen molar-refractivity contribution in [3.05, 3.63) is 70.1 Å². The van der Waals surface area contributed by atoms with Crippen molar-refractivity contribution in [1.82, 2.24) is 14.9 Å². The van der Waals surface area contributed by atoms with Crippen LogP contribution >= 0.6 is 0 Å². The molecule has 0 radical (unpaired) electrons. The number of piperidine rings is 1. The molecule has 1 N–H and O–H groups in total. The number of hydrogen-bond donors (Lipinski definition) is 1. The maximum atomic E-state index is 12.8. The fraction of sp³-hybridized carbons (Fsp3) is 0.333. The van der Waals surface area contributed by atoms with Crippen LogP contribution in [0.25, 0.3) is 11.0 Å². The average Bonchev–Trinajstić information content (AvgIpc) is 2.78. The Morgan fingerprint density at radius 2 is 1.81 bits per heavy atom. The van der Waals surface area contributed by atoms with Gasteiger partial charge < -0.3 is 14.6 Å². The first-order valence-corrected chi connectivity index (χ1v) is 10.6. The fourth-order valence-corrected chi connectivity index (χ4v) is 4.51. The van der Waals surface area contributed by atoms with E-state index in [9.17, 15) is 14.4 Å². The first-order chi connectivity index (χ1) is 15.0. The highest BCUT2D eigenvalue weighted by Gasteiger charge is 2.43. The molecule has 1 fully saturated rings. The summed E-state index contributed by atoms with van der Waals surface area (Å²) in [6.07, 6.45) is 2.11. The van der Waals surface area contributed by atoms with Gasteiger partial charge in [-0.05, 0) is 24.3 Å². The Labute approximate surface area is 179 Å². The molecule has 3 heterocycles. The number of benzene rings is 2. The molecule has 1 aromatic heterocycles. The van der Waals surface area contributed by atoms with E-state index in [-0.39, 0.29) is 23.7 Å². The molecular weight excluding hydrogens is 394 g/mol. The lowest BCUT2D eigenvalue weighted by atomic mass is 9.82. The molecule has 0 unspecified atom stereocenters. The highest BCUT2D eigenvalue weighted by molar-refractivity contribution is 6.00. The number of para-hydroxylation sites is 3. The van der Waals surface area contributed by atoms with Crippen LogP contribution in [0.2, 0.25) is 0 Å². The molecule has 1 saturated heterocycles. The summed E-state index contributed by atoms with van der Waals surface area (Å²) in [5, 5.41) is 0. The van der Waals surface area contributed by atoms with E-state index in [2.05, 4.69) is 9.97 Å². The van der Waals surface area contributed by atoms with E-state index < -0.39 is 5.60 Å². The van der Waals surface area contributed by atoms with Crippen molar-refractivity contribution >= 4 is 22.7 Å². The number of aryl methyl sites for hydroxylation is 1. The molecule has 5 rings (SSSR count). The second kappa shape index (κ2) is 7.65. The number of Topliss-reactive ketones (excluding diaryl/α,β-unsaturated/α-hetero) is 1. The van der Waals surface area contributed by atoms with Crippen molar-refractivity contribution in [2.75, 3.05) is 13.1 Å². The van der Waals surface area contributed by atoms with E-state index in [1.54, 1.807) is 17.0 Å². The van der Waals surface area contributed by atoms with Gasteiger partial charge in [0.2, 0.25) is 5.91 Å². The van der Waals surface area contributed by atoms with Gasteiger partial charge in [0.15, 0.2) is 5.78 Å². The monoisotopic (exact) mass is 417 g/mol. The van der Waals surface area contributed by atoms with Crippen molar-refractivity contribution in [3.63, 3.8) is 0 Å². The van der Waals surface area contributed by atoms with Crippen LogP contribution in [0.4, 0.5) is 0 Å². The second-order valence-electron chi connectivity index (χ2n) is 8.29. The zero-order chi connectivity index (χ0) is 21.4. The van der Waals surface area contributed by atoms with Gasteiger partial charge in [-0.2, -0.15) is 0 Å². The first kappa shape index (κ1) is 19.5. The minimum absolute atomic E-state index is 0.00764. The minimum Gasteiger partial charge on any atom is -0.486 e. The van der Waals surface area contributed by atoms with Gasteiger partial charge in [0.25, 0.3) is 5.56 Å². The maximum Gasteiger partial charge on any atom is 0.270 e. The summed E-state index contributed by atoms with van der Waals surface area (Å²) in [6.45, 7) is 1.07. The molecule has 3 aromatic rings. The molecule has 2 aliphatic rings. The van der Waals surface area contributed by atoms with E-state index >= 15 is 0 Å². The smallest absolute Gasteiger partial charge is 0.270 e. The topological polar surface area (TPSA) is 92.4 Å². The van der Waals surface area contributed by atoms with Crippen molar-refractivity contribution in [1.29, 1.82) is 0 Å². The molecule has 0 atom stereocenters. The number of aromatic nitrogens is 2. The van der Waals surface area contributed by atoms with Crippen LogP contribution < -0.4 is 10.3 Å². The number of hydrogen-bond acceptors (Lipinski definition) is 5. The highest BCUT2D eigenvalue weighted by Crippen LogP contribution is 2.39. The molecule has 2 aromatic carbocycles. The Morgan fingerprint density at radius 1 is 1.06 bits per heavy atom. The molecule has 1 spiro atoms. The van der Waals surface area contributed by atoms with Crippen LogP contribution in [0.1, 0.15) is 41.7 Å². The third-order valence-corrected chi connectivity index (χ3v) is 6.27. The van der Waals surface area contributed by atoms with Gasteiger partial charge in [0, 0.05) is 38.8 Å². The molecule has 2 aliphatic heterocycles. The van der Waals surface area contributed by atoms with Crippen LogP contribution in [0.5, 0.6) is 5.75 Å².